The second-order valence-electron chi connectivity index (χ2n) is 4.61. The molecule has 0 atom stereocenters. The van der Waals surface area contributed by atoms with E-state index in [-0.39, 0.29) is 0 Å². The van der Waals surface area contributed by atoms with Gasteiger partial charge in [0.05, 0.1) is 19.2 Å². The summed E-state index contributed by atoms with van der Waals surface area (Å²) < 4.78 is 10.7. The van der Waals surface area contributed by atoms with E-state index in [1.54, 1.807) is 32.5 Å². The maximum absolute atomic E-state index is 6.03. The zero-order chi connectivity index (χ0) is 16.7. The zero-order valence-electron chi connectivity index (χ0n) is 12.9. The molecular weight excluding hydrogens is 334 g/mol. The van der Waals surface area contributed by atoms with Crippen molar-refractivity contribution in [3.8, 4) is 11.5 Å². The molecule has 1 heterocycles. The van der Waals surface area contributed by atoms with Gasteiger partial charge in [-0.05, 0) is 42.9 Å². The monoisotopic (exact) mass is 351 g/mol. The Hall–Kier alpha value is -2.05. The van der Waals surface area contributed by atoms with Crippen molar-refractivity contribution in [1.29, 1.82) is 0 Å². The minimum absolute atomic E-state index is 0.458. The van der Waals surface area contributed by atoms with Crippen molar-refractivity contribution >= 4 is 34.7 Å². The Morgan fingerprint density at radius 3 is 2.48 bits per heavy atom. The van der Waals surface area contributed by atoms with Gasteiger partial charge in [0.2, 0.25) is 0 Å². The number of aromatic nitrogens is 1. The Balaban J connectivity index is 1.92. The molecular formula is C16H18ClN3O2S. The van der Waals surface area contributed by atoms with Crippen molar-refractivity contribution in [3.05, 3.63) is 47.1 Å². The fourth-order valence-corrected chi connectivity index (χ4v) is 2.47. The number of nitrogens with one attached hydrogen (secondary N) is 2. The van der Waals surface area contributed by atoms with Crippen LogP contribution in [-0.2, 0) is 6.42 Å². The largest absolute Gasteiger partial charge is 0.496 e. The fraction of sp³-hybridized carbons (Fsp3) is 0.250. The maximum Gasteiger partial charge on any atom is 0.171 e. The smallest absolute Gasteiger partial charge is 0.171 e. The molecule has 0 aliphatic rings. The number of nitrogens with zero attached hydrogens (tertiary/aromatic N) is 1. The van der Waals surface area contributed by atoms with Gasteiger partial charge in [-0.15, -0.1) is 0 Å². The van der Waals surface area contributed by atoms with Gasteiger partial charge in [0.15, 0.2) is 10.9 Å². The molecule has 1 aromatic carbocycles. The molecule has 0 saturated carbocycles. The molecule has 0 aliphatic carbocycles. The quantitative estimate of drug-likeness (QED) is 0.779. The molecule has 0 saturated heterocycles. The molecule has 7 heteroatoms. The second-order valence-corrected chi connectivity index (χ2v) is 5.42. The van der Waals surface area contributed by atoms with Crippen molar-refractivity contribution in [3.63, 3.8) is 0 Å². The minimum Gasteiger partial charge on any atom is -0.496 e. The lowest BCUT2D eigenvalue weighted by atomic mass is 10.1. The fourth-order valence-electron chi connectivity index (χ4n) is 2.10. The molecule has 2 rings (SSSR count). The van der Waals surface area contributed by atoms with Crippen LogP contribution < -0.4 is 20.1 Å². The van der Waals surface area contributed by atoms with Crippen LogP contribution in [0.4, 0.5) is 5.82 Å². The molecule has 0 bridgehead atoms. The van der Waals surface area contributed by atoms with Crippen molar-refractivity contribution in [2.75, 3.05) is 26.1 Å². The number of anilines is 1. The highest BCUT2D eigenvalue weighted by Gasteiger charge is 2.10. The zero-order valence-corrected chi connectivity index (χ0v) is 14.5. The number of thiocarbonyl (C=S) groups is 1. The van der Waals surface area contributed by atoms with Crippen molar-refractivity contribution in [2.24, 2.45) is 0 Å². The molecule has 0 unspecified atom stereocenters. The topological polar surface area (TPSA) is 55.4 Å². The van der Waals surface area contributed by atoms with Crippen LogP contribution >= 0.6 is 23.8 Å². The molecule has 1 aromatic heterocycles. The summed E-state index contributed by atoms with van der Waals surface area (Å²) in [6, 6.07) is 9.21. The van der Waals surface area contributed by atoms with E-state index in [4.69, 9.17) is 33.3 Å². The van der Waals surface area contributed by atoms with Gasteiger partial charge in [0, 0.05) is 18.3 Å². The normalized spacial score (nSPS) is 10.0. The van der Waals surface area contributed by atoms with E-state index in [2.05, 4.69) is 15.6 Å². The van der Waals surface area contributed by atoms with Gasteiger partial charge in [-0.3, -0.25) is 0 Å². The molecule has 0 fully saturated rings. The van der Waals surface area contributed by atoms with E-state index in [1.165, 1.54) is 0 Å². The highest BCUT2D eigenvalue weighted by molar-refractivity contribution is 7.80. The number of methoxy groups -OCH3 is 2. The predicted octanol–water partition coefficient (Wildman–Crippen LogP) is 3.28. The summed E-state index contributed by atoms with van der Waals surface area (Å²) in [6.07, 6.45) is 2.35. The molecule has 23 heavy (non-hydrogen) atoms. The molecule has 0 radical (unpaired) electrons. The highest BCUT2D eigenvalue weighted by Crippen LogP contribution is 2.28. The van der Waals surface area contributed by atoms with Crippen LogP contribution in [0, 0.1) is 0 Å². The second kappa shape index (κ2) is 8.55. The third-order valence-corrected chi connectivity index (χ3v) is 3.73. The first-order chi connectivity index (χ1) is 11.2. The Morgan fingerprint density at radius 2 is 1.87 bits per heavy atom. The van der Waals surface area contributed by atoms with Gasteiger partial charge in [-0.25, -0.2) is 4.98 Å². The van der Waals surface area contributed by atoms with E-state index < -0.39 is 0 Å². The van der Waals surface area contributed by atoms with Crippen molar-refractivity contribution < 1.29 is 9.47 Å². The summed E-state index contributed by atoms with van der Waals surface area (Å²) in [4.78, 5) is 4.13. The lowest BCUT2D eigenvalue weighted by Gasteiger charge is -2.14. The van der Waals surface area contributed by atoms with Crippen molar-refractivity contribution in [1.82, 2.24) is 10.3 Å². The van der Waals surface area contributed by atoms with Crippen LogP contribution in [0.15, 0.2) is 36.5 Å². The van der Waals surface area contributed by atoms with E-state index in [0.29, 0.717) is 28.9 Å². The summed E-state index contributed by atoms with van der Waals surface area (Å²) in [5.41, 5.74) is 0.990. The van der Waals surface area contributed by atoms with Gasteiger partial charge in [-0.1, -0.05) is 17.7 Å². The van der Waals surface area contributed by atoms with E-state index >= 15 is 0 Å². The molecule has 2 aromatic rings. The first-order valence-electron chi connectivity index (χ1n) is 7.01. The summed E-state index contributed by atoms with van der Waals surface area (Å²) in [7, 11) is 3.28. The van der Waals surface area contributed by atoms with Crippen LogP contribution in [-0.4, -0.2) is 30.9 Å². The summed E-state index contributed by atoms with van der Waals surface area (Å²) >= 11 is 11.3. The molecule has 122 valence electrons. The SMILES string of the molecule is COc1cccc(OC)c1CCNC(=S)Nc1ncccc1Cl. The van der Waals surface area contributed by atoms with Crippen LogP contribution in [0.2, 0.25) is 5.02 Å². The number of pyridine rings is 1. The average Bonchev–Trinajstić information content (AvgIpc) is 2.57. The standard InChI is InChI=1S/C16H18ClN3O2S/c1-21-13-6-3-7-14(22-2)11(13)8-10-19-16(23)20-15-12(17)5-4-9-18-15/h3-7,9H,8,10H2,1-2H3,(H2,18,19,20,23). The maximum atomic E-state index is 6.03. The first-order valence-corrected chi connectivity index (χ1v) is 7.79. The van der Waals surface area contributed by atoms with Gasteiger partial charge >= 0.3 is 0 Å². The number of halogens is 1. The molecule has 0 amide bonds. The van der Waals surface area contributed by atoms with Crippen LogP contribution in [0.5, 0.6) is 11.5 Å². The highest BCUT2D eigenvalue weighted by atomic mass is 35.5. The predicted molar refractivity (Wildman–Crippen MR) is 96.7 cm³/mol. The Kier molecular flexibility index (Phi) is 6.43. The molecule has 2 N–H and O–H groups in total. The third-order valence-electron chi connectivity index (χ3n) is 3.18. The summed E-state index contributed by atoms with van der Waals surface area (Å²) in [5, 5.41) is 7.06. The Labute approximate surface area is 146 Å². The number of rotatable bonds is 6. The minimum atomic E-state index is 0.458. The first kappa shape index (κ1) is 17.3. The summed E-state index contributed by atoms with van der Waals surface area (Å²) in [6.45, 7) is 0.618. The molecule has 0 aliphatic heterocycles. The number of hydrogen-bond acceptors (Lipinski definition) is 4. The lowest BCUT2D eigenvalue weighted by molar-refractivity contribution is 0.385. The van der Waals surface area contributed by atoms with E-state index in [0.717, 1.165) is 17.1 Å². The lowest BCUT2D eigenvalue weighted by Crippen LogP contribution is -2.30. The number of benzene rings is 1. The number of hydrogen-bond donors (Lipinski definition) is 2. The Morgan fingerprint density at radius 1 is 1.17 bits per heavy atom. The molecule has 0 spiro atoms. The summed E-state index contributed by atoms with van der Waals surface area (Å²) in [5.74, 6) is 2.11. The van der Waals surface area contributed by atoms with Gasteiger partial charge in [0.25, 0.3) is 0 Å². The van der Waals surface area contributed by atoms with Crippen LogP contribution in [0.1, 0.15) is 5.56 Å². The van der Waals surface area contributed by atoms with E-state index in [9.17, 15) is 0 Å². The van der Waals surface area contributed by atoms with Crippen LogP contribution in [0.3, 0.4) is 0 Å². The third kappa shape index (κ3) is 4.71. The van der Waals surface area contributed by atoms with E-state index in [1.807, 2.05) is 18.2 Å². The number of ether oxygens (including phenoxy) is 2. The van der Waals surface area contributed by atoms with Crippen molar-refractivity contribution in [2.45, 2.75) is 6.42 Å². The average molecular weight is 352 g/mol. The van der Waals surface area contributed by atoms with Gasteiger partial charge in [0.1, 0.15) is 11.5 Å². The van der Waals surface area contributed by atoms with Crippen LogP contribution in [0.25, 0.3) is 0 Å². The molecule has 5 nitrogen and oxygen atoms in total. The van der Waals surface area contributed by atoms with Gasteiger partial charge < -0.3 is 20.1 Å². The Bertz CT molecular complexity index is 660. The van der Waals surface area contributed by atoms with Gasteiger partial charge in [-0.2, -0.15) is 0 Å².